The summed E-state index contributed by atoms with van der Waals surface area (Å²) in [5.74, 6) is 17.4. The molecule has 20 fully saturated rings. The van der Waals surface area contributed by atoms with Crippen LogP contribution in [0.25, 0.3) is 0 Å². The number of hydrogen-bond acceptors (Lipinski definition) is 12. The van der Waals surface area contributed by atoms with Gasteiger partial charge in [-0.05, 0) is 455 Å². The van der Waals surface area contributed by atoms with Gasteiger partial charge in [0.1, 0.15) is 23.1 Å². The minimum absolute atomic E-state index is 0.0124. The van der Waals surface area contributed by atoms with Gasteiger partial charge >= 0.3 is 0 Å². The lowest BCUT2D eigenvalue weighted by atomic mass is 9.45. The summed E-state index contributed by atoms with van der Waals surface area (Å²) >= 11 is 0. The molecule has 0 radical (unpaired) electrons. The van der Waals surface area contributed by atoms with E-state index in [0.29, 0.717) is 110 Å². The van der Waals surface area contributed by atoms with Gasteiger partial charge in [0.2, 0.25) is 0 Å². The summed E-state index contributed by atoms with van der Waals surface area (Å²) < 4.78 is 0. The quantitative estimate of drug-likeness (QED) is 0.125. The zero-order valence-corrected chi connectivity index (χ0v) is 80.8. The van der Waals surface area contributed by atoms with Crippen molar-refractivity contribution in [2.45, 2.75) is 441 Å². The van der Waals surface area contributed by atoms with Gasteiger partial charge in [-0.1, -0.05) is 118 Å². The smallest absolute Gasteiger partial charge is 0.155 e. The molecule has 20 saturated carbocycles. The molecule has 24 aliphatic carbocycles. The Bertz CT molecular complexity index is 4330. The summed E-state index contributed by atoms with van der Waals surface area (Å²) in [6.45, 7) is 28.5. The summed E-state index contributed by atoms with van der Waals surface area (Å²) in [6.07, 6.45) is 63.0. The summed E-state index contributed by atoms with van der Waals surface area (Å²) in [6, 6.07) is 0. The van der Waals surface area contributed by atoms with Crippen molar-refractivity contribution in [3.63, 3.8) is 0 Å². The van der Waals surface area contributed by atoms with Crippen LogP contribution < -0.4 is 0 Å². The third kappa shape index (κ3) is 14.6. The maximum Gasteiger partial charge on any atom is 0.155 e. The number of hydrogen-bond donors (Lipinski definition) is 6. The van der Waals surface area contributed by atoms with Crippen LogP contribution in [0.4, 0.5) is 0 Å². The number of carbonyl (C=O) groups is 6. The van der Waals surface area contributed by atoms with Crippen LogP contribution in [0.15, 0.2) is 46.6 Å². The molecule has 0 aromatic carbocycles. The molecule has 6 N–H and O–H groups in total. The monoisotopic (exact) mass is 1730 g/mol. The molecule has 126 heavy (non-hydrogen) atoms. The molecular weight excluding hydrogens is 1560 g/mol. The Hall–Kier alpha value is -3.26. The van der Waals surface area contributed by atoms with E-state index in [9.17, 15) is 59.4 Å². The van der Waals surface area contributed by atoms with Gasteiger partial charge in [-0.3, -0.25) is 28.8 Å². The second kappa shape index (κ2) is 33.3. The second-order valence-corrected chi connectivity index (χ2v) is 52.4. The van der Waals surface area contributed by atoms with Crippen molar-refractivity contribution in [2.24, 2.45) is 183 Å². The molecule has 0 aromatic rings. The van der Waals surface area contributed by atoms with E-state index in [0.717, 1.165) is 258 Å². The largest absolute Gasteiger partial charge is 0.393 e. The molecule has 24 rings (SSSR count). The van der Waals surface area contributed by atoms with Crippen LogP contribution >= 0.6 is 0 Å². The maximum atomic E-state index is 12.4. The van der Waals surface area contributed by atoms with Crippen molar-refractivity contribution in [2.75, 3.05) is 0 Å². The number of ketones is 6. The lowest BCUT2D eigenvalue weighted by Gasteiger charge is -2.60. The van der Waals surface area contributed by atoms with Crippen molar-refractivity contribution in [3.8, 4) is 0 Å². The summed E-state index contributed by atoms with van der Waals surface area (Å²) in [5.41, 5.74) is 8.44. The lowest BCUT2D eigenvalue weighted by molar-refractivity contribution is -0.142. The second-order valence-electron chi connectivity index (χ2n) is 52.4. The third-order valence-electron chi connectivity index (χ3n) is 48.2. The van der Waals surface area contributed by atoms with Crippen LogP contribution in [0.3, 0.4) is 0 Å². The number of aliphatic hydroxyl groups excluding tert-OH is 6. The molecule has 24 aliphatic rings. The number of fused-ring (bicyclic) bond motifs is 30. The van der Waals surface area contributed by atoms with Gasteiger partial charge in [0.15, 0.2) is 11.6 Å². The SMILES string of the molecule is C[C@]12CCC(=O)C=C1CC[C@@H]1[C@@H]2CC[C@]2(C)C(=O)CC[C@@H]12.C[C@]12CC[C@@H](O)CC1CC[C@@H]1[C@@H]2CC[C@]2(C)C(=O)CC[C@@H]12.C[C@]12CC[C@H](O)CC1=CC[C@@H]1[C@@H]2CC[C@]2(C)C(=O)CC[C@@H]12.C[C@]12CC[C@H]3[C@@H](CC=C4C[C@@H](O)CC[C@@]43C)[C@@H]1CC[C@@H]2O.C[C@]12CC[C@H]3[C@@H](CCC4=CC(=O)CC[C@@]43C)[C@@H]1CC[C@@H]2O.C[C@]12CC[C@H]3[C@@H](CCC4CC(=O)CC[C@@]43C)[C@@H]1CC[C@@H]2O. The van der Waals surface area contributed by atoms with Crippen LogP contribution in [0.2, 0.25) is 0 Å². The number of carbonyl (C=O) groups excluding carboxylic acids is 6. The summed E-state index contributed by atoms with van der Waals surface area (Å²) in [7, 11) is 0. The Morgan fingerprint density at radius 1 is 0.238 bits per heavy atom. The van der Waals surface area contributed by atoms with Gasteiger partial charge in [-0.25, -0.2) is 0 Å². The molecule has 0 heterocycles. The molecule has 0 amide bonds. The average molecular weight is 1730 g/mol. The van der Waals surface area contributed by atoms with E-state index in [2.05, 4.69) is 95.2 Å². The van der Waals surface area contributed by atoms with Crippen molar-refractivity contribution in [1.29, 1.82) is 0 Å². The molecule has 12 nitrogen and oxygen atoms in total. The Morgan fingerprint density at radius 3 is 1.02 bits per heavy atom. The molecule has 0 saturated heterocycles. The van der Waals surface area contributed by atoms with Gasteiger partial charge < -0.3 is 30.6 Å². The normalized spacial score (nSPS) is 54.0. The Kier molecular flexibility index (Phi) is 24.3. The highest BCUT2D eigenvalue weighted by molar-refractivity contribution is 5.92. The minimum Gasteiger partial charge on any atom is -0.393 e. The third-order valence-corrected chi connectivity index (χ3v) is 48.2. The molecule has 0 bridgehead atoms. The Morgan fingerprint density at radius 2 is 0.556 bits per heavy atom. The molecule has 12 heteroatoms. The van der Waals surface area contributed by atoms with Crippen LogP contribution in [0, 0.1) is 183 Å². The fourth-order valence-corrected chi connectivity index (χ4v) is 39.9. The van der Waals surface area contributed by atoms with Crippen LogP contribution in [0.1, 0.15) is 404 Å². The molecule has 700 valence electrons. The van der Waals surface area contributed by atoms with E-state index in [1.807, 2.05) is 12.2 Å². The van der Waals surface area contributed by atoms with Gasteiger partial charge in [0, 0.05) is 61.2 Å². The zero-order valence-electron chi connectivity index (χ0n) is 80.8. The molecule has 38 atom stereocenters. The first-order valence-electron chi connectivity index (χ1n) is 53.8. The maximum absolute atomic E-state index is 12.4. The van der Waals surface area contributed by atoms with Crippen molar-refractivity contribution >= 4 is 34.7 Å². The van der Waals surface area contributed by atoms with Crippen LogP contribution in [0.5, 0.6) is 0 Å². The lowest BCUT2D eigenvalue weighted by Crippen LogP contribution is -2.54. The Balaban J connectivity index is 0.0000000987. The first-order chi connectivity index (χ1) is 59.7. The number of aliphatic hydroxyl groups is 6. The fraction of sp³-hybridized carbons (Fsp3) is 0.877. The first-order valence-corrected chi connectivity index (χ1v) is 53.8. The van der Waals surface area contributed by atoms with Gasteiger partial charge in [-0.15, -0.1) is 0 Å². The van der Waals surface area contributed by atoms with Crippen molar-refractivity contribution in [3.05, 3.63) is 46.6 Å². The molecule has 0 spiro atoms. The van der Waals surface area contributed by atoms with E-state index < -0.39 is 0 Å². The molecule has 0 aliphatic heterocycles. The zero-order chi connectivity index (χ0) is 89.0. The van der Waals surface area contributed by atoms with Gasteiger partial charge in [-0.2, -0.15) is 0 Å². The van der Waals surface area contributed by atoms with Crippen molar-refractivity contribution in [1.82, 2.24) is 0 Å². The highest BCUT2D eigenvalue weighted by atomic mass is 16.3. The highest BCUT2D eigenvalue weighted by Crippen LogP contribution is 2.73. The van der Waals surface area contributed by atoms with Crippen LogP contribution in [-0.4, -0.2) is 102 Å². The molecule has 2 unspecified atom stereocenters. The van der Waals surface area contributed by atoms with Gasteiger partial charge in [0.05, 0.1) is 36.6 Å². The van der Waals surface area contributed by atoms with E-state index in [1.165, 1.54) is 145 Å². The standard InChI is InChI=1S/3C19H30O2.2C19H28O2.C19H26O2/c6*1-18-9-7-13(20)11-12(18)3-4-14-15-5-6-17(21)19(15,2)10-8-16(14)18/h12,14-17,21H,3-11H2,1-2H3;12-16,20H,3-11H2,1-2H3;3,13-17,20-21H,4-11H2,1-2H3;11,14-17,21H,3-10H2,1-2H3;3,13-16,20H,4-11H2,1-2H3;11,14-16H,3-10H2,1-2H3/t12?,14-,15-,16-,17-,18-,19-;12?,13-,14+,15+,16+,18+,19+;13-,14-,15-,16-,17-,18-,19-;14-,15-,16-,17-,18-,19-;13-,14-,15-,16-,18-,19-;14-,15-,16-,18-,19-/m010000/s1. The van der Waals surface area contributed by atoms with E-state index in [4.69, 9.17) is 0 Å². The highest BCUT2D eigenvalue weighted by Gasteiger charge is 2.67. The predicted molar refractivity (Wildman–Crippen MR) is 496 cm³/mol. The number of Topliss-reactive ketones (excluding diaryl/α,β-unsaturated/α-hetero) is 4. The Labute approximate surface area is 760 Å². The van der Waals surface area contributed by atoms with E-state index in [1.54, 1.807) is 5.57 Å². The summed E-state index contributed by atoms with van der Waals surface area (Å²) in [5, 5.41) is 61.4. The summed E-state index contributed by atoms with van der Waals surface area (Å²) in [4.78, 5) is 72.5. The fourth-order valence-electron chi connectivity index (χ4n) is 39.9. The van der Waals surface area contributed by atoms with E-state index >= 15 is 0 Å². The topological polar surface area (TPSA) is 224 Å². The van der Waals surface area contributed by atoms with Crippen molar-refractivity contribution < 1.29 is 59.4 Å². The number of allylic oxidation sites excluding steroid dienone is 4. The molecule has 0 aromatic heterocycles. The molecular formula is C114H172O12. The predicted octanol–water partition coefficient (Wildman–Crippen LogP) is 23.4. The average Bonchev–Trinajstić information content (AvgIpc) is 1.55. The van der Waals surface area contributed by atoms with Crippen LogP contribution in [-0.2, 0) is 28.8 Å². The van der Waals surface area contributed by atoms with Gasteiger partial charge in [0.25, 0.3) is 0 Å². The number of rotatable bonds is 0. The minimum atomic E-state index is -0.122. The van der Waals surface area contributed by atoms with E-state index in [-0.39, 0.29) is 79.9 Å². The first kappa shape index (κ1) is 91.8.